The third kappa shape index (κ3) is 2.23. The molecule has 3 aromatic rings. The van der Waals surface area contributed by atoms with Crippen LogP contribution in [-0.2, 0) is 9.59 Å². The Labute approximate surface area is 172 Å². The number of hydrogen-bond acceptors (Lipinski definition) is 3. The van der Waals surface area contributed by atoms with Gasteiger partial charge in [0, 0.05) is 11.8 Å². The molecule has 0 saturated carbocycles. The summed E-state index contributed by atoms with van der Waals surface area (Å²) >= 11 is 0. The topological polar surface area (TPSA) is 49.7 Å². The van der Waals surface area contributed by atoms with Crippen molar-refractivity contribution >= 4 is 18.0 Å². The van der Waals surface area contributed by atoms with Crippen molar-refractivity contribution in [1.29, 1.82) is 0 Å². The van der Waals surface area contributed by atoms with Crippen LogP contribution >= 0.6 is 0 Å². The summed E-state index contributed by atoms with van der Waals surface area (Å²) in [6.07, 6.45) is 1.44. The fraction of sp³-hybridized carbons (Fsp3) is 0.160. The van der Waals surface area contributed by atoms with E-state index in [1.807, 2.05) is 24.3 Å². The van der Waals surface area contributed by atoms with E-state index in [0.29, 0.717) is 5.56 Å². The van der Waals surface area contributed by atoms with Gasteiger partial charge in [-0.25, -0.2) is 4.39 Å². The zero-order valence-corrected chi connectivity index (χ0v) is 15.9. The van der Waals surface area contributed by atoms with E-state index >= 15 is 0 Å². The van der Waals surface area contributed by atoms with Crippen molar-refractivity contribution in [2.45, 2.75) is 11.8 Å². The molecule has 7 rings (SSSR count). The van der Waals surface area contributed by atoms with E-state index in [-0.39, 0.29) is 29.5 Å². The lowest BCUT2D eigenvalue weighted by Crippen LogP contribution is -2.41. The third-order valence-corrected chi connectivity index (χ3v) is 6.62. The Balaban J connectivity index is 1.45. The summed E-state index contributed by atoms with van der Waals surface area (Å²) in [7, 11) is 0. The molecule has 4 aliphatic rings. The fourth-order valence-electron chi connectivity index (χ4n) is 5.45. The van der Waals surface area contributed by atoms with Gasteiger partial charge in [-0.1, -0.05) is 60.7 Å². The molecule has 0 aromatic heterocycles. The minimum Gasteiger partial charge on any atom is -0.272 e. The van der Waals surface area contributed by atoms with E-state index in [9.17, 15) is 14.0 Å². The lowest BCUT2D eigenvalue weighted by Gasteiger charge is -2.45. The molecular weight excluding hydrogens is 379 g/mol. The Morgan fingerprint density at radius 1 is 0.700 bits per heavy atom. The lowest BCUT2D eigenvalue weighted by molar-refractivity contribution is -0.139. The van der Waals surface area contributed by atoms with Crippen LogP contribution in [-0.4, -0.2) is 23.0 Å². The van der Waals surface area contributed by atoms with Gasteiger partial charge in [-0.3, -0.25) is 9.59 Å². The van der Waals surface area contributed by atoms with Crippen LogP contribution < -0.4 is 0 Å². The summed E-state index contributed by atoms with van der Waals surface area (Å²) in [5.74, 6) is -2.05. The number of imide groups is 1. The summed E-state index contributed by atoms with van der Waals surface area (Å²) in [6.45, 7) is 0. The van der Waals surface area contributed by atoms with E-state index in [4.69, 9.17) is 0 Å². The van der Waals surface area contributed by atoms with Gasteiger partial charge in [-0.05, 0) is 39.9 Å². The molecular formula is C25H17FN2O2. The summed E-state index contributed by atoms with van der Waals surface area (Å²) in [6, 6.07) is 22.0. The van der Waals surface area contributed by atoms with Gasteiger partial charge in [0.2, 0.25) is 0 Å². The molecule has 5 heteroatoms. The monoisotopic (exact) mass is 396 g/mol. The van der Waals surface area contributed by atoms with Crippen molar-refractivity contribution in [2.24, 2.45) is 16.9 Å². The highest BCUT2D eigenvalue weighted by Crippen LogP contribution is 2.60. The molecule has 3 aliphatic carbocycles. The first kappa shape index (κ1) is 17.3. The molecule has 146 valence electrons. The van der Waals surface area contributed by atoms with Gasteiger partial charge < -0.3 is 0 Å². The third-order valence-electron chi connectivity index (χ3n) is 6.62. The van der Waals surface area contributed by atoms with Crippen molar-refractivity contribution in [3.8, 4) is 0 Å². The summed E-state index contributed by atoms with van der Waals surface area (Å²) in [5, 5.41) is 5.24. The molecule has 1 heterocycles. The molecule has 2 atom stereocenters. The Hall–Kier alpha value is -3.60. The van der Waals surface area contributed by atoms with Gasteiger partial charge in [0.25, 0.3) is 11.8 Å². The van der Waals surface area contributed by atoms with Crippen LogP contribution in [0.15, 0.2) is 77.9 Å². The lowest BCUT2D eigenvalue weighted by atomic mass is 9.55. The number of carbonyl (C=O) groups excluding carboxylic acids is 2. The number of nitrogens with zero attached hydrogens (tertiary/aromatic N) is 2. The van der Waals surface area contributed by atoms with Crippen LogP contribution in [0.4, 0.5) is 4.39 Å². The maximum absolute atomic E-state index is 13.4. The standard InChI is InChI=1S/C25H17FN2O2/c26-15-11-9-14(10-12-15)13-27-28-24(29)22-20-16-5-1-2-6-17(16)21(23(22)25(28)30)19-8-4-3-7-18(19)20/h1-13,20-23H/b27-13-/t20?,21?,22-,23+. The maximum atomic E-state index is 13.4. The smallest absolute Gasteiger partial charge is 0.254 e. The van der Waals surface area contributed by atoms with Gasteiger partial charge in [-0.2, -0.15) is 10.1 Å². The van der Waals surface area contributed by atoms with Crippen LogP contribution in [0.3, 0.4) is 0 Å². The normalized spacial score (nSPS) is 26.1. The molecule has 0 unspecified atom stereocenters. The first-order valence-electron chi connectivity index (χ1n) is 10.00. The number of amides is 2. The second-order valence-electron chi connectivity index (χ2n) is 8.05. The number of carbonyl (C=O) groups is 2. The summed E-state index contributed by atoms with van der Waals surface area (Å²) < 4.78 is 13.1. The quantitative estimate of drug-likeness (QED) is 0.485. The van der Waals surface area contributed by atoms with Crippen molar-refractivity contribution in [1.82, 2.24) is 5.01 Å². The molecule has 0 spiro atoms. The molecule has 30 heavy (non-hydrogen) atoms. The second-order valence-corrected chi connectivity index (χ2v) is 8.05. The number of rotatable bonds is 2. The highest BCUT2D eigenvalue weighted by atomic mass is 19.1. The number of hydrogen-bond donors (Lipinski definition) is 0. The molecule has 1 fully saturated rings. The minimum atomic E-state index is -0.447. The van der Waals surface area contributed by atoms with E-state index < -0.39 is 11.8 Å². The van der Waals surface area contributed by atoms with Gasteiger partial charge in [0.15, 0.2) is 0 Å². The van der Waals surface area contributed by atoms with E-state index in [0.717, 1.165) is 27.3 Å². The number of hydrazone groups is 1. The van der Waals surface area contributed by atoms with E-state index in [2.05, 4.69) is 29.4 Å². The van der Waals surface area contributed by atoms with Crippen molar-refractivity contribution in [2.75, 3.05) is 0 Å². The van der Waals surface area contributed by atoms with Gasteiger partial charge in [-0.15, -0.1) is 0 Å². The zero-order valence-electron chi connectivity index (χ0n) is 15.9. The SMILES string of the molecule is O=C1[C@@H]2C3c4ccccc4C(c4ccccc43)[C@@H]2C(=O)N1/N=C\c1ccc(F)cc1. The van der Waals surface area contributed by atoms with E-state index in [1.165, 1.54) is 18.3 Å². The maximum Gasteiger partial charge on any atom is 0.254 e. The Bertz CT molecular complexity index is 1120. The average molecular weight is 396 g/mol. The van der Waals surface area contributed by atoms with Crippen LogP contribution in [0.2, 0.25) is 0 Å². The van der Waals surface area contributed by atoms with Crippen LogP contribution in [0, 0.1) is 17.7 Å². The molecule has 1 aliphatic heterocycles. The molecule has 1 saturated heterocycles. The minimum absolute atomic E-state index is 0.144. The first-order valence-corrected chi connectivity index (χ1v) is 10.00. The van der Waals surface area contributed by atoms with E-state index in [1.54, 1.807) is 12.1 Å². The highest BCUT2D eigenvalue weighted by Gasteiger charge is 2.61. The predicted octanol–water partition coefficient (Wildman–Crippen LogP) is 4.05. The van der Waals surface area contributed by atoms with Crippen LogP contribution in [0.5, 0.6) is 0 Å². The Kier molecular flexibility index (Phi) is 3.57. The molecule has 0 radical (unpaired) electrons. The Morgan fingerprint density at radius 3 is 1.57 bits per heavy atom. The molecule has 2 amide bonds. The largest absolute Gasteiger partial charge is 0.272 e. The van der Waals surface area contributed by atoms with Gasteiger partial charge in [0.05, 0.1) is 18.1 Å². The van der Waals surface area contributed by atoms with Crippen LogP contribution in [0.25, 0.3) is 0 Å². The van der Waals surface area contributed by atoms with Gasteiger partial charge in [0.1, 0.15) is 5.82 Å². The second kappa shape index (κ2) is 6.20. The molecule has 3 aromatic carbocycles. The Morgan fingerprint density at radius 2 is 1.13 bits per heavy atom. The molecule has 0 N–H and O–H groups in total. The molecule has 4 nitrogen and oxygen atoms in total. The van der Waals surface area contributed by atoms with Crippen molar-refractivity contribution in [3.63, 3.8) is 0 Å². The van der Waals surface area contributed by atoms with Crippen LogP contribution in [0.1, 0.15) is 39.7 Å². The first-order chi connectivity index (χ1) is 14.6. The van der Waals surface area contributed by atoms with Crippen molar-refractivity contribution in [3.05, 3.63) is 106 Å². The fourth-order valence-corrected chi connectivity index (χ4v) is 5.45. The summed E-state index contributed by atoms with van der Waals surface area (Å²) in [5.41, 5.74) is 5.16. The number of halogens is 1. The molecule has 2 bridgehead atoms. The predicted molar refractivity (Wildman–Crippen MR) is 109 cm³/mol. The highest BCUT2D eigenvalue weighted by molar-refractivity contribution is 6.08. The van der Waals surface area contributed by atoms with Gasteiger partial charge >= 0.3 is 0 Å². The number of benzene rings is 3. The summed E-state index contributed by atoms with van der Waals surface area (Å²) in [4.78, 5) is 26.7. The average Bonchev–Trinajstić information content (AvgIpc) is 3.04. The zero-order chi connectivity index (χ0) is 20.4. The van der Waals surface area contributed by atoms with Crippen molar-refractivity contribution < 1.29 is 14.0 Å².